The van der Waals surface area contributed by atoms with Crippen LogP contribution in [0.1, 0.15) is 61.9 Å². The van der Waals surface area contributed by atoms with Crippen molar-refractivity contribution in [3.8, 4) is 0 Å². The Morgan fingerprint density at radius 3 is 2.71 bits per heavy atom. The van der Waals surface area contributed by atoms with Crippen molar-refractivity contribution in [3.05, 3.63) is 29.3 Å². The van der Waals surface area contributed by atoms with E-state index in [2.05, 4.69) is 30.5 Å². The number of rotatable bonds is 4. The third-order valence-electron chi connectivity index (χ3n) is 4.53. The maximum absolute atomic E-state index is 12.5. The zero-order chi connectivity index (χ0) is 15.2. The molecular weight excluding hydrogens is 260 g/mol. The summed E-state index contributed by atoms with van der Waals surface area (Å²) in [6.45, 7) is 7.23. The number of aryl methyl sites for hydroxylation is 1. The molecule has 3 nitrogen and oxygen atoms in total. The summed E-state index contributed by atoms with van der Waals surface area (Å²) in [4.78, 5) is 12.5. The van der Waals surface area contributed by atoms with Crippen LogP contribution in [0.4, 0.5) is 5.69 Å². The van der Waals surface area contributed by atoms with Crippen molar-refractivity contribution in [1.82, 2.24) is 5.32 Å². The molecule has 3 heteroatoms. The largest absolute Gasteiger partial charge is 0.385 e. The highest BCUT2D eigenvalue weighted by molar-refractivity contribution is 5.96. The van der Waals surface area contributed by atoms with Crippen molar-refractivity contribution in [3.63, 3.8) is 0 Å². The summed E-state index contributed by atoms with van der Waals surface area (Å²) in [5, 5.41) is 6.54. The van der Waals surface area contributed by atoms with E-state index in [1.807, 2.05) is 19.1 Å². The highest BCUT2D eigenvalue weighted by atomic mass is 16.1. The Morgan fingerprint density at radius 2 is 2.00 bits per heavy atom. The summed E-state index contributed by atoms with van der Waals surface area (Å²) >= 11 is 0. The topological polar surface area (TPSA) is 41.1 Å². The molecule has 0 aromatic heterocycles. The molecule has 2 unspecified atom stereocenters. The lowest BCUT2D eigenvalue weighted by molar-refractivity contribution is 0.0921. The van der Waals surface area contributed by atoms with Gasteiger partial charge in [0.2, 0.25) is 0 Å². The van der Waals surface area contributed by atoms with E-state index in [1.54, 1.807) is 0 Å². The zero-order valence-corrected chi connectivity index (χ0v) is 13.5. The predicted molar refractivity (Wildman–Crippen MR) is 88.8 cm³/mol. The number of amides is 1. The maximum atomic E-state index is 12.5. The summed E-state index contributed by atoms with van der Waals surface area (Å²) in [6, 6.07) is 6.30. The van der Waals surface area contributed by atoms with Crippen LogP contribution in [0.3, 0.4) is 0 Å². The first kappa shape index (κ1) is 15.9. The van der Waals surface area contributed by atoms with Crippen LogP contribution >= 0.6 is 0 Å². The molecule has 0 heterocycles. The van der Waals surface area contributed by atoms with E-state index in [0.717, 1.165) is 29.8 Å². The quantitative estimate of drug-likeness (QED) is 0.818. The minimum atomic E-state index is 0.0781. The van der Waals surface area contributed by atoms with E-state index in [4.69, 9.17) is 0 Å². The molecule has 1 fully saturated rings. The third-order valence-corrected chi connectivity index (χ3v) is 4.53. The lowest BCUT2D eigenvalue weighted by atomic mass is 9.96. The number of hydrogen-bond acceptors (Lipinski definition) is 2. The fourth-order valence-electron chi connectivity index (χ4n) is 3.19. The van der Waals surface area contributed by atoms with Gasteiger partial charge in [-0.25, -0.2) is 0 Å². The molecule has 2 atom stereocenters. The van der Waals surface area contributed by atoms with Crippen molar-refractivity contribution in [2.24, 2.45) is 5.92 Å². The second-order valence-corrected chi connectivity index (χ2v) is 6.26. The molecule has 2 N–H and O–H groups in total. The summed E-state index contributed by atoms with van der Waals surface area (Å²) in [5.74, 6) is 0.659. The Hall–Kier alpha value is -1.51. The van der Waals surface area contributed by atoms with Gasteiger partial charge in [0.15, 0.2) is 0 Å². The number of carbonyl (C=O) groups is 1. The van der Waals surface area contributed by atoms with Crippen LogP contribution in [0.15, 0.2) is 18.2 Å². The van der Waals surface area contributed by atoms with Gasteiger partial charge in [-0.05, 0) is 56.4 Å². The van der Waals surface area contributed by atoms with Gasteiger partial charge in [-0.1, -0.05) is 26.2 Å². The molecule has 1 aliphatic carbocycles. The Morgan fingerprint density at radius 1 is 1.24 bits per heavy atom. The predicted octanol–water partition coefficient (Wildman–Crippen LogP) is 4.13. The molecule has 116 valence electrons. The van der Waals surface area contributed by atoms with Gasteiger partial charge in [0, 0.05) is 23.8 Å². The molecule has 1 amide bonds. The van der Waals surface area contributed by atoms with Crippen LogP contribution in [-0.4, -0.2) is 18.5 Å². The highest BCUT2D eigenvalue weighted by Crippen LogP contribution is 2.24. The van der Waals surface area contributed by atoms with Crippen molar-refractivity contribution < 1.29 is 4.79 Å². The smallest absolute Gasteiger partial charge is 0.251 e. The Bertz CT molecular complexity index is 484. The van der Waals surface area contributed by atoms with Gasteiger partial charge in [0.05, 0.1) is 0 Å². The molecule has 0 radical (unpaired) electrons. The van der Waals surface area contributed by atoms with Crippen LogP contribution < -0.4 is 10.6 Å². The zero-order valence-electron chi connectivity index (χ0n) is 13.5. The van der Waals surface area contributed by atoms with Gasteiger partial charge in [-0.15, -0.1) is 0 Å². The molecule has 1 aliphatic rings. The van der Waals surface area contributed by atoms with Crippen molar-refractivity contribution >= 4 is 11.6 Å². The minimum Gasteiger partial charge on any atom is -0.385 e. The van der Waals surface area contributed by atoms with E-state index >= 15 is 0 Å². The average Bonchev–Trinajstić information content (AvgIpc) is 2.64. The second kappa shape index (κ2) is 7.48. The molecule has 21 heavy (non-hydrogen) atoms. The first-order valence-electron chi connectivity index (χ1n) is 8.27. The first-order chi connectivity index (χ1) is 10.1. The molecule has 0 spiro atoms. The maximum Gasteiger partial charge on any atom is 0.251 e. The van der Waals surface area contributed by atoms with Gasteiger partial charge in [-0.2, -0.15) is 0 Å². The number of nitrogens with one attached hydrogen (secondary N) is 2. The summed E-state index contributed by atoms with van der Waals surface area (Å²) < 4.78 is 0. The van der Waals surface area contributed by atoms with Crippen LogP contribution in [0.25, 0.3) is 0 Å². The molecule has 0 bridgehead atoms. The average molecular weight is 288 g/mol. The minimum absolute atomic E-state index is 0.0781. The van der Waals surface area contributed by atoms with Crippen LogP contribution in [-0.2, 0) is 0 Å². The Balaban J connectivity index is 2.05. The third kappa shape index (κ3) is 4.23. The summed E-state index contributed by atoms with van der Waals surface area (Å²) in [7, 11) is 0. The number of benzene rings is 1. The van der Waals surface area contributed by atoms with E-state index < -0.39 is 0 Å². The van der Waals surface area contributed by atoms with Gasteiger partial charge in [0.25, 0.3) is 5.91 Å². The molecule has 1 aromatic carbocycles. The molecular formula is C18H28N2O. The lowest BCUT2D eigenvalue weighted by Crippen LogP contribution is -2.39. The van der Waals surface area contributed by atoms with Crippen LogP contribution in [0.5, 0.6) is 0 Å². The van der Waals surface area contributed by atoms with Gasteiger partial charge in [0.1, 0.15) is 0 Å². The monoisotopic (exact) mass is 288 g/mol. The van der Waals surface area contributed by atoms with Crippen molar-refractivity contribution in [2.45, 2.75) is 58.9 Å². The van der Waals surface area contributed by atoms with Gasteiger partial charge in [-0.3, -0.25) is 4.79 Å². The number of carbonyl (C=O) groups excluding carboxylic acids is 1. The standard InChI is InChI=1S/C18H28N2O/c1-4-19-15-10-11-16(14(3)12-15)18(21)20-17-9-7-5-6-8-13(17)2/h10-13,17,19H,4-9H2,1-3H3,(H,20,21). The van der Waals surface area contributed by atoms with E-state index in [0.29, 0.717) is 12.0 Å². The fourth-order valence-corrected chi connectivity index (χ4v) is 3.19. The van der Waals surface area contributed by atoms with Gasteiger partial charge < -0.3 is 10.6 Å². The Labute approximate surface area is 128 Å². The first-order valence-corrected chi connectivity index (χ1v) is 8.27. The fraction of sp³-hybridized carbons (Fsp3) is 0.611. The van der Waals surface area contributed by atoms with Crippen molar-refractivity contribution in [1.29, 1.82) is 0 Å². The molecule has 1 aromatic rings. The molecule has 0 aliphatic heterocycles. The van der Waals surface area contributed by atoms with Crippen LogP contribution in [0.2, 0.25) is 0 Å². The van der Waals surface area contributed by atoms with Crippen molar-refractivity contribution in [2.75, 3.05) is 11.9 Å². The molecule has 0 saturated heterocycles. The van der Waals surface area contributed by atoms with Gasteiger partial charge >= 0.3 is 0 Å². The van der Waals surface area contributed by atoms with E-state index in [-0.39, 0.29) is 5.91 Å². The highest BCUT2D eigenvalue weighted by Gasteiger charge is 2.22. The number of hydrogen-bond donors (Lipinski definition) is 2. The summed E-state index contributed by atoms with van der Waals surface area (Å²) in [5.41, 5.74) is 2.91. The van der Waals surface area contributed by atoms with E-state index in [9.17, 15) is 4.79 Å². The van der Waals surface area contributed by atoms with Crippen LogP contribution in [0, 0.1) is 12.8 Å². The van der Waals surface area contributed by atoms with E-state index in [1.165, 1.54) is 25.7 Å². The molecule has 1 saturated carbocycles. The lowest BCUT2D eigenvalue weighted by Gasteiger charge is -2.23. The Kier molecular flexibility index (Phi) is 5.66. The second-order valence-electron chi connectivity index (χ2n) is 6.26. The summed E-state index contributed by atoms with van der Waals surface area (Å²) in [6.07, 6.45) is 6.16. The molecule has 2 rings (SSSR count). The number of anilines is 1. The normalized spacial score (nSPS) is 22.4. The SMILES string of the molecule is CCNc1ccc(C(=O)NC2CCCCCC2C)c(C)c1.